The summed E-state index contributed by atoms with van der Waals surface area (Å²) >= 11 is 0. The molecule has 2 aromatic rings. The van der Waals surface area contributed by atoms with E-state index in [0.717, 1.165) is 62.3 Å². The number of amides is 3. The summed E-state index contributed by atoms with van der Waals surface area (Å²) in [5.74, 6) is 1.01. The Kier molecular flexibility index (Phi) is 5.30. The summed E-state index contributed by atoms with van der Waals surface area (Å²) in [7, 11) is 1.70. The van der Waals surface area contributed by atoms with E-state index in [1.807, 2.05) is 41.8 Å². The Morgan fingerprint density at radius 2 is 1.84 bits per heavy atom. The fourth-order valence-corrected chi connectivity index (χ4v) is 4.75. The number of morpholine rings is 1. The van der Waals surface area contributed by atoms with E-state index in [1.165, 1.54) is 9.80 Å². The lowest BCUT2D eigenvalue weighted by molar-refractivity contribution is -0.688. The monoisotopic (exact) mass is 437 g/mol. The first-order valence-electron chi connectivity index (χ1n) is 11.1. The number of carbonyl (C=O) groups is 2. The second-order valence-corrected chi connectivity index (χ2v) is 8.57. The van der Waals surface area contributed by atoms with Crippen molar-refractivity contribution in [3.05, 3.63) is 47.3 Å². The summed E-state index contributed by atoms with van der Waals surface area (Å²) in [6, 6.07) is 8.65. The third kappa shape index (κ3) is 3.32. The van der Waals surface area contributed by atoms with Gasteiger partial charge in [0.1, 0.15) is 11.4 Å². The minimum Gasteiger partial charge on any atom is -0.379 e. The fraction of sp³-hybridized carbons (Fsp3) is 0.478. The average molecular weight is 438 g/mol. The van der Waals surface area contributed by atoms with Crippen molar-refractivity contribution in [3.8, 4) is 0 Å². The number of rotatable bonds is 5. The van der Waals surface area contributed by atoms with Crippen LogP contribution in [0.15, 0.2) is 35.3 Å². The zero-order chi connectivity index (χ0) is 22.4. The van der Waals surface area contributed by atoms with Crippen LogP contribution < -0.4 is 4.57 Å². The summed E-state index contributed by atoms with van der Waals surface area (Å²) in [4.78, 5) is 36.6. The van der Waals surface area contributed by atoms with E-state index in [0.29, 0.717) is 5.84 Å². The van der Waals surface area contributed by atoms with Crippen LogP contribution >= 0.6 is 0 Å². The van der Waals surface area contributed by atoms with Gasteiger partial charge in [0.05, 0.1) is 26.3 Å². The number of carbonyl (C=O) groups excluding carboxylic acids is 2. The van der Waals surface area contributed by atoms with E-state index < -0.39 is 6.04 Å². The van der Waals surface area contributed by atoms with Crippen LogP contribution in [0.4, 0.5) is 10.7 Å². The molecule has 0 bridgehead atoms. The minimum absolute atomic E-state index is 0.229. The van der Waals surface area contributed by atoms with Crippen molar-refractivity contribution < 1.29 is 18.9 Å². The van der Waals surface area contributed by atoms with Crippen LogP contribution in [0.5, 0.6) is 0 Å². The highest BCUT2D eigenvalue weighted by Crippen LogP contribution is 2.35. The van der Waals surface area contributed by atoms with Crippen molar-refractivity contribution in [1.29, 1.82) is 0 Å². The van der Waals surface area contributed by atoms with Gasteiger partial charge in [-0.15, -0.1) is 0 Å². The maximum Gasteiger partial charge on any atom is 0.402 e. The molecule has 2 saturated heterocycles. The highest BCUT2D eigenvalue weighted by atomic mass is 16.5. The normalized spacial score (nSPS) is 21.1. The Balaban J connectivity index is 1.46. The molecule has 1 aromatic carbocycles. The first kappa shape index (κ1) is 20.8. The van der Waals surface area contributed by atoms with Gasteiger partial charge in [0, 0.05) is 26.7 Å². The van der Waals surface area contributed by atoms with Crippen molar-refractivity contribution in [2.75, 3.05) is 39.9 Å². The molecule has 3 aliphatic rings. The van der Waals surface area contributed by atoms with Gasteiger partial charge in [0.25, 0.3) is 5.91 Å². The van der Waals surface area contributed by atoms with Crippen LogP contribution in [0.1, 0.15) is 23.0 Å². The van der Waals surface area contributed by atoms with Crippen molar-refractivity contribution >= 4 is 23.7 Å². The number of aromatic nitrogens is 2. The molecule has 1 aromatic heterocycles. The molecule has 0 saturated carbocycles. The van der Waals surface area contributed by atoms with Gasteiger partial charge in [-0.1, -0.05) is 35.3 Å². The molecule has 2 fully saturated rings. The van der Waals surface area contributed by atoms with Gasteiger partial charge in [0.2, 0.25) is 11.9 Å². The van der Waals surface area contributed by atoms with Crippen LogP contribution in [0.2, 0.25) is 0 Å². The number of ether oxygens (including phenoxy) is 1. The first-order valence-corrected chi connectivity index (χ1v) is 11.1. The van der Waals surface area contributed by atoms with Crippen LogP contribution in [-0.2, 0) is 22.6 Å². The fourth-order valence-electron chi connectivity index (χ4n) is 4.75. The number of imidazole rings is 1. The van der Waals surface area contributed by atoms with Gasteiger partial charge in [-0.3, -0.25) is 19.5 Å². The average Bonchev–Trinajstić information content (AvgIpc) is 3.31. The summed E-state index contributed by atoms with van der Waals surface area (Å²) in [6.07, 6.45) is 0. The van der Waals surface area contributed by atoms with Crippen molar-refractivity contribution in [2.45, 2.75) is 33.0 Å². The SMILES string of the molecule is Cc1c(C)[n+](CCN2CCOCC2)c2n1C1C(=O)N(Cc3ccccc3)C(=O)N(C)C1=N2. The summed E-state index contributed by atoms with van der Waals surface area (Å²) in [5, 5.41) is 0. The number of hydrogen-bond donors (Lipinski definition) is 0. The van der Waals surface area contributed by atoms with Gasteiger partial charge in [-0.25, -0.2) is 13.9 Å². The number of benzene rings is 1. The molecule has 0 spiro atoms. The molecule has 32 heavy (non-hydrogen) atoms. The van der Waals surface area contributed by atoms with E-state index >= 15 is 0 Å². The number of fused-ring (bicyclic) bond motifs is 3. The van der Waals surface area contributed by atoms with Crippen molar-refractivity contribution in [3.63, 3.8) is 0 Å². The predicted molar refractivity (Wildman–Crippen MR) is 118 cm³/mol. The number of amidine groups is 1. The standard InChI is InChI=1S/C23H29N6O3/c1-16-17(2)29-19-20(24-22(29)27(16)10-9-26-11-13-32-14-12-26)25(3)23(31)28(21(19)30)15-18-7-5-4-6-8-18/h4-8,19H,9-15H2,1-3H3/q+1. The van der Waals surface area contributed by atoms with Gasteiger partial charge in [-0.05, 0) is 19.4 Å². The second-order valence-electron chi connectivity index (χ2n) is 8.57. The maximum absolute atomic E-state index is 13.6. The van der Waals surface area contributed by atoms with Crippen molar-refractivity contribution in [2.24, 2.45) is 4.99 Å². The Hall–Kier alpha value is -3.04. The van der Waals surface area contributed by atoms with E-state index in [4.69, 9.17) is 9.73 Å². The van der Waals surface area contributed by atoms with Crippen molar-refractivity contribution in [1.82, 2.24) is 19.3 Å². The van der Waals surface area contributed by atoms with E-state index in [-0.39, 0.29) is 18.5 Å². The molecule has 0 radical (unpaired) electrons. The number of imide groups is 1. The number of nitrogens with zero attached hydrogens (tertiary/aromatic N) is 6. The van der Waals surface area contributed by atoms with Gasteiger partial charge in [0.15, 0.2) is 0 Å². The minimum atomic E-state index is -0.611. The van der Waals surface area contributed by atoms with Crippen LogP contribution in [0, 0.1) is 13.8 Å². The van der Waals surface area contributed by atoms with E-state index in [9.17, 15) is 9.59 Å². The topological polar surface area (TPSA) is 74.3 Å². The molecule has 0 aliphatic carbocycles. The molecule has 3 aliphatic heterocycles. The molecule has 1 unspecified atom stereocenters. The van der Waals surface area contributed by atoms with E-state index in [1.54, 1.807) is 7.05 Å². The molecule has 9 heteroatoms. The van der Waals surface area contributed by atoms with Gasteiger partial charge < -0.3 is 4.74 Å². The Bertz CT molecular complexity index is 1090. The second kappa shape index (κ2) is 8.14. The molecule has 168 valence electrons. The zero-order valence-corrected chi connectivity index (χ0v) is 18.8. The quantitative estimate of drug-likeness (QED) is 0.663. The molecule has 1 atom stereocenters. The Morgan fingerprint density at radius 3 is 2.56 bits per heavy atom. The molecule has 5 rings (SSSR count). The van der Waals surface area contributed by atoms with Crippen LogP contribution in [0.25, 0.3) is 0 Å². The number of likely N-dealkylation sites (N-methyl/N-ethyl adjacent to an activating group) is 1. The third-order valence-corrected chi connectivity index (χ3v) is 6.75. The zero-order valence-electron chi connectivity index (χ0n) is 18.8. The highest BCUT2D eigenvalue weighted by molar-refractivity contribution is 6.20. The lowest BCUT2D eigenvalue weighted by Gasteiger charge is -2.33. The molecule has 3 amide bonds. The van der Waals surface area contributed by atoms with Crippen LogP contribution in [0.3, 0.4) is 0 Å². The maximum atomic E-state index is 13.6. The smallest absolute Gasteiger partial charge is 0.379 e. The number of urea groups is 1. The lowest BCUT2D eigenvalue weighted by Crippen LogP contribution is -2.57. The lowest BCUT2D eigenvalue weighted by atomic mass is 10.1. The molecular formula is C23H29N6O3+. The Morgan fingerprint density at radius 1 is 1.12 bits per heavy atom. The largest absolute Gasteiger partial charge is 0.402 e. The van der Waals surface area contributed by atoms with Gasteiger partial charge in [-0.2, -0.15) is 0 Å². The molecular weight excluding hydrogens is 408 g/mol. The Labute approximate surface area is 187 Å². The van der Waals surface area contributed by atoms with E-state index in [2.05, 4.69) is 16.4 Å². The number of aliphatic imine (C=N–C) groups is 1. The van der Waals surface area contributed by atoms with Crippen LogP contribution in [-0.4, -0.2) is 76.9 Å². The van der Waals surface area contributed by atoms with Gasteiger partial charge >= 0.3 is 12.0 Å². The summed E-state index contributed by atoms with van der Waals surface area (Å²) in [5.41, 5.74) is 3.02. The third-order valence-electron chi connectivity index (χ3n) is 6.75. The highest BCUT2D eigenvalue weighted by Gasteiger charge is 2.54. The number of hydrogen-bond acceptors (Lipinski definition) is 5. The first-order chi connectivity index (χ1) is 15.5. The predicted octanol–water partition coefficient (Wildman–Crippen LogP) is 1.40. The molecule has 9 nitrogen and oxygen atoms in total. The molecule has 0 N–H and O–H groups in total. The summed E-state index contributed by atoms with van der Waals surface area (Å²) in [6.45, 7) is 9.39. The molecule has 4 heterocycles. The summed E-state index contributed by atoms with van der Waals surface area (Å²) < 4.78 is 9.61.